The van der Waals surface area contributed by atoms with Gasteiger partial charge in [0, 0.05) is 19.8 Å². The lowest BCUT2D eigenvalue weighted by molar-refractivity contribution is 1.13. The summed E-state index contributed by atoms with van der Waals surface area (Å²) >= 11 is 0. The Morgan fingerprint density at radius 1 is 1.27 bits per heavy atom. The number of hydrogen-bond donors (Lipinski definition) is 0. The second kappa shape index (κ2) is 2.99. The quantitative estimate of drug-likeness (QED) is 0.529. The molecule has 0 amide bonds. The molecule has 0 heterocycles. The molecule has 1 nitrogen and oxygen atoms in total. The largest absolute Gasteiger partial charge is 0.378 e. The zero-order valence-electron chi connectivity index (χ0n) is 7.26. The molecule has 0 spiro atoms. The number of rotatable bonds is 1. The Hall–Kier alpha value is -0.915. The zero-order chi connectivity index (χ0) is 8.43. The Morgan fingerprint density at radius 2 is 1.91 bits per heavy atom. The molecular formula is C9H12BN. The summed E-state index contributed by atoms with van der Waals surface area (Å²) in [6.45, 7) is 2.02. The third-order valence-corrected chi connectivity index (χ3v) is 1.77. The standard InChI is InChI=1S/C9H12BN/c1-7-6-8(11(2)3)4-5-9(7)10/h4-6H,1-3H3. The molecule has 0 saturated carbocycles. The number of hydrogen-bond acceptors (Lipinski definition) is 1. The van der Waals surface area contributed by atoms with Gasteiger partial charge < -0.3 is 4.90 Å². The third-order valence-electron chi connectivity index (χ3n) is 1.77. The van der Waals surface area contributed by atoms with Crippen molar-refractivity contribution in [3.8, 4) is 0 Å². The molecule has 0 N–H and O–H groups in total. The maximum absolute atomic E-state index is 5.67. The summed E-state index contributed by atoms with van der Waals surface area (Å²) in [6, 6.07) is 6.03. The van der Waals surface area contributed by atoms with Crippen molar-refractivity contribution in [2.75, 3.05) is 19.0 Å². The van der Waals surface area contributed by atoms with E-state index in [1.54, 1.807) is 0 Å². The van der Waals surface area contributed by atoms with Crippen molar-refractivity contribution in [3.05, 3.63) is 23.8 Å². The monoisotopic (exact) mass is 145 g/mol. The highest BCUT2D eigenvalue weighted by atomic mass is 15.1. The maximum Gasteiger partial charge on any atom is 0.114 e. The van der Waals surface area contributed by atoms with Gasteiger partial charge in [0.05, 0.1) is 0 Å². The highest BCUT2D eigenvalue weighted by Crippen LogP contribution is 2.10. The van der Waals surface area contributed by atoms with E-state index in [1.165, 1.54) is 5.69 Å². The van der Waals surface area contributed by atoms with Gasteiger partial charge in [0.15, 0.2) is 0 Å². The van der Waals surface area contributed by atoms with E-state index in [1.807, 2.05) is 33.2 Å². The number of anilines is 1. The number of nitrogens with zero attached hydrogens (tertiary/aromatic N) is 1. The average Bonchev–Trinajstić information content (AvgIpc) is 1.94. The summed E-state index contributed by atoms with van der Waals surface area (Å²) in [4.78, 5) is 2.06. The van der Waals surface area contributed by atoms with Crippen LogP contribution in [0.25, 0.3) is 0 Å². The van der Waals surface area contributed by atoms with Gasteiger partial charge in [-0.05, 0) is 19.1 Å². The van der Waals surface area contributed by atoms with Crippen LogP contribution in [0.3, 0.4) is 0 Å². The van der Waals surface area contributed by atoms with Crippen LogP contribution in [-0.4, -0.2) is 21.9 Å². The van der Waals surface area contributed by atoms with Gasteiger partial charge in [-0.15, -0.1) is 0 Å². The first-order valence-corrected chi connectivity index (χ1v) is 3.64. The zero-order valence-corrected chi connectivity index (χ0v) is 7.26. The molecule has 2 heteroatoms. The SMILES string of the molecule is [B]c1ccc(N(C)C)cc1C. The van der Waals surface area contributed by atoms with Gasteiger partial charge >= 0.3 is 0 Å². The molecule has 0 aliphatic rings. The number of benzene rings is 1. The summed E-state index contributed by atoms with van der Waals surface area (Å²) in [6.07, 6.45) is 0. The van der Waals surface area contributed by atoms with E-state index < -0.39 is 0 Å². The third kappa shape index (κ3) is 1.76. The van der Waals surface area contributed by atoms with Crippen LogP contribution in [0.5, 0.6) is 0 Å². The Kier molecular flexibility index (Phi) is 2.23. The fourth-order valence-electron chi connectivity index (χ4n) is 0.938. The molecule has 0 bridgehead atoms. The second-order valence-corrected chi connectivity index (χ2v) is 2.94. The average molecular weight is 145 g/mol. The molecule has 1 aromatic carbocycles. The second-order valence-electron chi connectivity index (χ2n) is 2.94. The molecule has 0 aromatic heterocycles. The van der Waals surface area contributed by atoms with Crippen LogP contribution >= 0.6 is 0 Å². The predicted molar refractivity (Wildman–Crippen MR) is 50.9 cm³/mol. The number of aryl methyl sites for hydroxylation is 1. The fraction of sp³-hybridized carbons (Fsp3) is 0.333. The van der Waals surface area contributed by atoms with Crippen molar-refractivity contribution in [3.63, 3.8) is 0 Å². The van der Waals surface area contributed by atoms with Crippen molar-refractivity contribution in [2.24, 2.45) is 0 Å². The summed E-state index contributed by atoms with van der Waals surface area (Å²) in [5, 5.41) is 0. The molecule has 0 aliphatic heterocycles. The molecule has 0 aliphatic carbocycles. The Morgan fingerprint density at radius 3 is 2.36 bits per heavy atom. The van der Waals surface area contributed by atoms with E-state index in [-0.39, 0.29) is 0 Å². The van der Waals surface area contributed by atoms with E-state index in [0.717, 1.165) is 11.0 Å². The first-order valence-electron chi connectivity index (χ1n) is 3.64. The molecule has 1 aromatic rings. The van der Waals surface area contributed by atoms with Gasteiger partial charge in [0.25, 0.3) is 0 Å². The lowest BCUT2D eigenvalue weighted by Gasteiger charge is -2.13. The van der Waals surface area contributed by atoms with E-state index >= 15 is 0 Å². The first kappa shape index (κ1) is 8.18. The normalized spacial score (nSPS) is 9.73. The van der Waals surface area contributed by atoms with Gasteiger partial charge in [-0.25, -0.2) is 0 Å². The first-order chi connectivity index (χ1) is 5.11. The Labute approximate surface area is 69.4 Å². The van der Waals surface area contributed by atoms with Crippen LogP contribution < -0.4 is 10.4 Å². The maximum atomic E-state index is 5.67. The molecule has 0 saturated heterocycles. The summed E-state index contributed by atoms with van der Waals surface area (Å²) in [5.74, 6) is 0. The smallest absolute Gasteiger partial charge is 0.114 e. The Bertz CT molecular complexity index is 256. The molecule has 2 radical (unpaired) electrons. The fourth-order valence-corrected chi connectivity index (χ4v) is 0.938. The lowest BCUT2D eigenvalue weighted by Crippen LogP contribution is -2.12. The minimum atomic E-state index is 0.857. The van der Waals surface area contributed by atoms with Crippen LogP contribution in [0, 0.1) is 6.92 Å². The van der Waals surface area contributed by atoms with E-state index in [9.17, 15) is 0 Å². The van der Waals surface area contributed by atoms with E-state index in [2.05, 4.69) is 11.0 Å². The van der Waals surface area contributed by atoms with Crippen LogP contribution in [0.2, 0.25) is 0 Å². The van der Waals surface area contributed by atoms with E-state index in [4.69, 9.17) is 7.85 Å². The van der Waals surface area contributed by atoms with Crippen LogP contribution in [0.1, 0.15) is 5.56 Å². The van der Waals surface area contributed by atoms with Gasteiger partial charge in [-0.2, -0.15) is 0 Å². The highest BCUT2D eigenvalue weighted by molar-refractivity contribution is 6.33. The molecule has 0 atom stereocenters. The molecule has 56 valence electrons. The van der Waals surface area contributed by atoms with Gasteiger partial charge in [-0.3, -0.25) is 0 Å². The lowest BCUT2D eigenvalue weighted by atomic mass is 9.91. The topological polar surface area (TPSA) is 3.24 Å². The van der Waals surface area contributed by atoms with Gasteiger partial charge in [0.1, 0.15) is 7.85 Å². The molecule has 0 unspecified atom stereocenters. The molecule has 1 rings (SSSR count). The summed E-state index contributed by atoms with van der Waals surface area (Å²) in [5.41, 5.74) is 3.18. The molecule has 0 fully saturated rings. The summed E-state index contributed by atoms with van der Waals surface area (Å²) in [7, 11) is 9.71. The molecular weight excluding hydrogens is 133 g/mol. The van der Waals surface area contributed by atoms with Crippen LogP contribution in [0.15, 0.2) is 18.2 Å². The van der Waals surface area contributed by atoms with Crippen LogP contribution in [-0.2, 0) is 0 Å². The minimum absolute atomic E-state index is 0.857. The summed E-state index contributed by atoms with van der Waals surface area (Å²) < 4.78 is 0. The van der Waals surface area contributed by atoms with Crippen molar-refractivity contribution in [2.45, 2.75) is 6.92 Å². The van der Waals surface area contributed by atoms with Crippen molar-refractivity contribution >= 4 is 19.0 Å². The van der Waals surface area contributed by atoms with Crippen molar-refractivity contribution in [1.29, 1.82) is 0 Å². The Balaban J connectivity index is 3.05. The predicted octanol–water partition coefficient (Wildman–Crippen LogP) is 0.855. The van der Waals surface area contributed by atoms with Crippen molar-refractivity contribution in [1.82, 2.24) is 0 Å². The van der Waals surface area contributed by atoms with Crippen LogP contribution in [0.4, 0.5) is 5.69 Å². The van der Waals surface area contributed by atoms with E-state index in [0.29, 0.717) is 0 Å². The molecule has 11 heavy (non-hydrogen) atoms. The van der Waals surface area contributed by atoms with Gasteiger partial charge in [0.2, 0.25) is 0 Å². The minimum Gasteiger partial charge on any atom is -0.378 e. The highest BCUT2D eigenvalue weighted by Gasteiger charge is 1.95. The van der Waals surface area contributed by atoms with Crippen molar-refractivity contribution < 1.29 is 0 Å². The van der Waals surface area contributed by atoms with Gasteiger partial charge in [-0.1, -0.05) is 17.1 Å².